The van der Waals surface area contributed by atoms with Gasteiger partial charge in [-0.05, 0) is 32.9 Å². The predicted molar refractivity (Wildman–Crippen MR) is 107 cm³/mol. The van der Waals surface area contributed by atoms with Gasteiger partial charge in [-0.1, -0.05) is 18.2 Å². The predicted octanol–water partition coefficient (Wildman–Crippen LogP) is 3.69. The zero-order valence-electron chi connectivity index (χ0n) is 17.0. The Morgan fingerprint density at radius 3 is 2.38 bits per heavy atom. The van der Waals surface area contributed by atoms with E-state index in [4.69, 9.17) is 9.47 Å². The standard InChI is InChI=1S/C22H24N2O5/c1-14(25)24-10-9-19(17-7-5-6-8-18(17)24)28-20(26)15-11-16(13-23-12-15)21(27)29-22(2,3)4/h5-8,11-13,19H,9-10H2,1-4H3. The molecule has 0 saturated carbocycles. The van der Waals surface area contributed by atoms with Crippen molar-refractivity contribution in [3.05, 3.63) is 59.4 Å². The van der Waals surface area contributed by atoms with Crippen molar-refractivity contribution in [1.29, 1.82) is 0 Å². The van der Waals surface area contributed by atoms with Crippen LogP contribution in [0.5, 0.6) is 0 Å². The van der Waals surface area contributed by atoms with Crippen LogP contribution >= 0.6 is 0 Å². The number of ether oxygens (including phenoxy) is 2. The summed E-state index contributed by atoms with van der Waals surface area (Å²) in [5.41, 5.74) is 1.21. The number of carbonyl (C=O) groups is 3. The number of pyridine rings is 1. The molecule has 0 spiro atoms. The molecule has 1 atom stereocenters. The summed E-state index contributed by atoms with van der Waals surface area (Å²) in [6.45, 7) is 7.27. The Morgan fingerprint density at radius 2 is 1.72 bits per heavy atom. The highest BCUT2D eigenvalue weighted by Gasteiger charge is 2.30. The van der Waals surface area contributed by atoms with E-state index in [-0.39, 0.29) is 17.0 Å². The molecule has 0 radical (unpaired) electrons. The number of para-hydroxylation sites is 1. The summed E-state index contributed by atoms with van der Waals surface area (Å²) in [6.07, 6.45) is 2.71. The molecule has 7 heteroatoms. The number of amides is 1. The highest BCUT2D eigenvalue weighted by molar-refractivity contribution is 5.95. The van der Waals surface area contributed by atoms with Gasteiger partial charge in [-0.2, -0.15) is 0 Å². The molecule has 0 aliphatic carbocycles. The van der Waals surface area contributed by atoms with E-state index in [0.717, 1.165) is 11.3 Å². The minimum Gasteiger partial charge on any atom is -0.456 e. The number of nitrogens with zero attached hydrogens (tertiary/aromatic N) is 2. The fraction of sp³-hybridized carbons (Fsp3) is 0.364. The number of anilines is 1. The van der Waals surface area contributed by atoms with Gasteiger partial charge in [0, 0.05) is 37.8 Å². The van der Waals surface area contributed by atoms with Gasteiger partial charge in [-0.15, -0.1) is 0 Å². The monoisotopic (exact) mass is 396 g/mol. The topological polar surface area (TPSA) is 85.8 Å². The quantitative estimate of drug-likeness (QED) is 0.736. The van der Waals surface area contributed by atoms with E-state index in [1.807, 2.05) is 24.3 Å². The lowest BCUT2D eigenvalue weighted by Crippen LogP contribution is -2.36. The molecule has 29 heavy (non-hydrogen) atoms. The van der Waals surface area contributed by atoms with Crippen LogP contribution < -0.4 is 4.90 Å². The van der Waals surface area contributed by atoms with Crippen molar-refractivity contribution < 1.29 is 23.9 Å². The van der Waals surface area contributed by atoms with Crippen molar-refractivity contribution in [2.75, 3.05) is 11.4 Å². The van der Waals surface area contributed by atoms with Gasteiger partial charge in [0.25, 0.3) is 0 Å². The SMILES string of the molecule is CC(=O)N1CCC(OC(=O)c2cncc(C(=O)OC(C)(C)C)c2)c2ccccc21. The lowest BCUT2D eigenvalue weighted by atomic mass is 9.98. The number of hydrogen-bond donors (Lipinski definition) is 0. The van der Waals surface area contributed by atoms with Crippen LogP contribution in [0.3, 0.4) is 0 Å². The number of aromatic nitrogens is 1. The second-order valence-corrected chi connectivity index (χ2v) is 7.88. The first-order valence-corrected chi connectivity index (χ1v) is 9.42. The molecule has 2 aromatic rings. The molecule has 1 aromatic carbocycles. The van der Waals surface area contributed by atoms with E-state index in [1.165, 1.54) is 25.4 Å². The lowest BCUT2D eigenvalue weighted by molar-refractivity contribution is -0.116. The molecule has 152 valence electrons. The van der Waals surface area contributed by atoms with Gasteiger partial charge in [0.15, 0.2) is 0 Å². The molecular weight excluding hydrogens is 372 g/mol. The van der Waals surface area contributed by atoms with Gasteiger partial charge < -0.3 is 14.4 Å². The summed E-state index contributed by atoms with van der Waals surface area (Å²) in [5, 5.41) is 0. The van der Waals surface area contributed by atoms with Crippen LogP contribution in [-0.4, -0.2) is 35.0 Å². The molecule has 0 saturated heterocycles. The minimum absolute atomic E-state index is 0.0588. The van der Waals surface area contributed by atoms with Gasteiger partial charge in [0.05, 0.1) is 16.8 Å². The van der Waals surface area contributed by atoms with Crippen molar-refractivity contribution in [1.82, 2.24) is 4.98 Å². The van der Waals surface area contributed by atoms with Gasteiger partial charge in [0.1, 0.15) is 11.7 Å². The molecule has 2 heterocycles. The summed E-state index contributed by atoms with van der Waals surface area (Å²) >= 11 is 0. The first-order valence-electron chi connectivity index (χ1n) is 9.42. The van der Waals surface area contributed by atoms with Crippen molar-refractivity contribution in [3.8, 4) is 0 Å². The maximum atomic E-state index is 12.7. The number of benzene rings is 1. The molecule has 0 N–H and O–H groups in total. The molecule has 3 rings (SSSR count). The Bertz CT molecular complexity index is 948. The van der Waals surface area contributed by atoms with Crippen LogP contribution in [0.15, 0.2) is 42.7 Å². The molecule has 1 amide bonds. The van der Waals surface area contributed by atoms with Crippen LogP contribution in [0.1, 0.15) is 66.5 Å². The average Bonchev–Trinajstić information content (AvgIpc) is 2.66. The molecule has 1 unspecified atom stereocenters. The largest absolute Gasteiger partial charge is 0.456 e. The molecule has 1 aromatic heterocycles. The van der Waals surface area contributed by atoms with E-state index in [2.05, 4.69) is 4.98 Å². The zero-order valence-corrected chi connectivity index (χ0v) is 17.0. The Balaban J connectivity index is 1.79. The zero-order chi connectivity index (χ0) is 21.2. The lowest BCUT2D eigenvalue weighted by Gasteiger charge is -2.33. The third-order valence-corrected chi connectivity index (χ3v) is 4.43. The Hall–Kier alpha value is -3.22. The van der Waals surface area contributed by atoms with Gasteiger partial charge in [0.2, 0.25) is 5.91 Å². The van der Waals surface area contributed by atoms with E-state index >= 15 is 0 Å². The number of rotatable bonds is 3. The Kier molecular flexibility index (Phi) is 5.68. The molecule has 7 nitrogen and oxygen atoms in total. The summed E-state index contributed by atoms with van der Waals surface area (Å²) in [6, 6.07) is 8.78. The molecular formula is C22H24N2O5. The van der Waals surface area contributed by atoms with Gasteiger partial charge in [-0.3, -0.25) is 9.78 Å². The summed E-state index contributed by atoms with van der Waals surface area (Å²) < 4.78 is 11.0. The molecule has 1 aliphatic rings. The maximum Gasteiger partial charge on any atom is 0.340 e. The number of hydrogen-bond acceptors (Lipinski definition) is 6. The minimum atomic E-state index is -0.651. The van der Waals surface area contributed by atoms with E-state index in [0.29, 0.717) is 13.0 Å². The Labute approximate surface area is 169 Å². The molecule has 1 aliphatic heterocycles. The average molecular weight is 396 g/mol. The summed E-state index contributed by atoms with van der Waals surface area (Å²) in [4.78, 5) is 42.5. The summed E-state index contributed by atoms with van der Waals surface area (Å²) in [7, 11) is 0. The Morgan fingerprint density at radius 1 is 1.07 bits per heavy atom. The van der Waals surface area contributed by atoms with E-state index in [1.54, 1.807) is 25.7 Å². The van der Waals surface area contributed by atoms with Crippen molar-refractivity contribution >= 4 is 23.5 Å². The van der Waals surface area contributed by atoms with Crippen LogP contribution in [-0.2, 0) is 14.3 Å². The fourth-order valence-electron chi connectivity index (χ4n) is 3.17. The van der Waals surface area contributed by atoms with Gasteiger partial charge in [-0.25, -0.2) is 9.59 Å². The smallest absolute Gasteiger partial charge is 0.340 e. The fourth-order valence-corrected chi connectivity index (χ4v) is 3.17. The van der Waals surface area contributed by atoms with Crippen molar-refractivity contribution in [2.24, 2.45) is 0 Å². The number of esters is 2. The summed E-state index contributed by atoms with van der Waals surface area (Å²) in [5.74, 6) is -1.20. The van der Waals surface area contributed by atoms with Crippen LogP contribution in [0.2, 0.25) is 0 Å². The van der Waals surface area contributed by atoms with Gasteiger partial charge >= 0.3 is 11.9 Å². The highest BCUT2D eigenvalue weighted by Crippen LogP contribution is 2.36. The first kappa shape index (κ1) is 20.5. The van der Waals surface area contributed by atoms with E-state index in [9.17, 15) is 14.4 Å². The molecule has 0 bridgehead atoms. The first-order chi connectivity index (χ1) is 13.7. The second kappa shape index (κ2) is 8.03. The highest BCUT2D eigenvalue weighted by atomic mass is 16.6. The third-order valence-electron chi connectivity index (χ3n) is 4.43. The number of carbonyl (C=O) groups excluding carboxylic acids is 3. The normalized spacial score (nSPS) is 16.0. The maximum absolute atomic E-state index is 12.7. The number of fused-ring (bicyclic) bond motifs is 1. The van der Waals surface area contributed by atoms with Crippen LogP contribution in [0, 0.1) is 0 Å². The van der Waals surface area contributed by atoms with Crippen LogP contribution in [0.25, 0.3) is 0 Å². The van der Waals surface area contributed by atoms with Crippen molar-refractivity contribution in [2.45, 2.75) is 45.8 Å². The third kappa shape index (κ3) is 4.80. The van der Waals surface area contributed by atoms with E-state index < -0.39 is 23.6 Å². The second-order valence-electron chi connectivity index (χ2n) is 7.88. The van der Waals surface area contributed by atoms with Crippen LogP contribution in [0.4, 0.5) is 5.69 Å². The van der Waals surface area contributed by atoms with Crippen molar-refractivity contribution in [3.63, 3.8) is 0 Å². The molecule has 0 fully saturated rings.